The molecule has 2 aromatic carbocycles. The number of hydrogen-bond donors (Lipinski definition) is 1. The molecule has 0 aliphatic heterocycles. The maximum Gasteiger partial charge on any atom is 0.257 e. The number of benzene rings is 2. The molecule has 31 heavy (non-hydrogen) atoms. The summed E-state index contributed by atoms with van der Waals surface area (Å²) in [7, 11) is 0. The van der Waals surface area contributed by atoms with E-state index in [9.17, 15) is 4.79 Å². The van der Waals surface area contributed by atoms with Gasteiger partial charge in [-0.15, -0.1) is 0 Å². The third-order valence-corrected chi connectivity index (χ3v) is 4.84. The highest BCUT2D eigenvalue weighted by Gasteiger charge is 2.19. The van der Waals surface area contributed by atoms with Crippen molar-refractivity contribution in [1.29, 1.82) is 0 Å². The van der Waals surface area contributed by atoms with Crippen LogP contribution in [0.3, 0.4) is 0 Å². The first-order valence-electron chi connectivity index (χ1n) is 10.2. The van der Waals surface area contributed by atoms with Crippen LogP contribution in [0.4, 0.5) is 5.82 Å². The van der Waals surface area contributed by atoms with E-state index in [4.69, 9.17) is 14.2 Å². The summed E-state index contributed by atoms with van der Waals surface area (Å²) in [5, 5.41) is 7.27. The van der Waals surface area contributed by atoms with Crippen molar-refractivity contribution in [2.24, 2.45) is 0 Å². The Kier molecular flexibility index (Phi) is 7.94. The predicted molar refractivity (Wildman–Crippen MR) is 123 cm³/mol. The number of amides is 1. The van der Waals surface area contributed by atoms with Gasteiger partial charge in [-0.25, -0.2) is 4.68 Å². The third kappa shape index (κ3) is 5.79. The number of nitrogens with one attached hydrogen (secondary N) is 1. The summed E-state index contributed by atoms with van der Waals surface area (Å²) in [5.41, 5.74) is 1.47. The van der Waals surface area contributed by atoms with Gasteiger partial charge in [-0.3, -0.25) is 4.79 Å². The molecule has 0 bridgehead atoms. The molecular formula is C23H26BrN3O4. The van der Waals surface area contributed by atoms with Crippen LogP contribution in [-0.4, -0.2) is 35.5 Å². The Morgan fingerprint density at radius 3 is 2.29 bits per heavy atom. The Morgan fingerprint density at radius 2 is 1.68 bits per heavy atom. The summed E-state index contributed by atoms with van der Waals surface area (Å²) in [4.78, 5) is 13.0. The topological polar surface area (TPSA) is 74.6 Å². The molecule has 8 heteroatoms. The van der Waals surface area contributed by atoms with Crippen LogP contribution in [0.1, 0.15) is 36.7 Å². The highest BCUT2D eigenvalue weighted by molar-refractivity contribution is 9.10. The maximum absolute atomic E-state index is 13.0. The second kappa shape index (κ2) is 10.9. The van der Waals surface area contributed by atoms with Crippen molar-refractivity contribution >= 4 is 27.7 Å². The highest BCUT2D eigenvalue weighted by Crippen LogP contribution is 2.39. The van der Waals surface area contributed by atoms with E-state index in [1.807, 2.05) is 45.0 Å². The van der Waals surface area contributed by atoms with Gasteiger partial charge in [0.05, 0.1) is 32.6 Å². The number of carbonyl (C=O) groups excluding carboxylic acids is 1. The van der Waals surface area contributed by atoms with Crippen molar-refractivity contribution in [3.05, 3.63) is 64.3 Å². The van der Waals surface area contributed by atoms with Crippen LogP contribution in [0.2, 0.25) is 0 Å². The lowest BCUT2D eigenvalue weighted by atomic mass is 10.1. The first-order valence-corrected chi connectivity index (χ1v) is 11.0. The summed E-state index contributed by atoms with van der Waals surface area (Å²) >= 11 is 3.48. The number of halogens is 1. The van der Waals surface area contributed by atoms with Crippen LogP contribution in [0.25, 0.3) is 0 Å². The highest BCUT2D eigenvalue weighted by atomic mass is 79.9. The molecule has 1 amide bonds. The minimum absolute atomic E-state index is 0.291. The van der Waals surface area contributed by atoms with Crippen molar-refractivity contribution in [3.63, 3.8) is 0 Å². The molecule has 0 aliphatic carbocycles. The number of hydrogen-bond acceptors (Lipinski definition) is 5. The summed E-state index contributed by atoms with van der Waals surface area (Å²) in [6.45, 7) is 7.51. The lowest BCUT2D eigenvalue weighted by Gasteiger charge is -2.17. The zero-order valence-electron chi connectivity index (χ0n) is 17.9. The molecular weight excluding hydrogens is 462 g/mol. The Labute approximate surface area is 190 Å². The van der Waals surface area contributed by atoms with E-state index in [-0.39, 0.29) is 5.91 Å². The summed E-state index contributed by atoms with van der Waals surface area (Å²) in [5.74, 6) is 1.75. The predicted octanol–water partition coefficient (Wildman–Crippen LogP) is 5.14. The maximum atomic E-state index is 13.0. The lowest BCUT2D eigenvalue weighted by molar-refractivity contribution is 0.102. The van der Waals surface area contributed by atoms with E-state index in [1.165, 1.54) is 0 Å². The minimum Gasteiger partial charge on any atom is -0.490 e. The van der Waals surface area contributed by atoms with Crippen molar-refractivity contribution in [3.8, 4) is 17.2 Å². The number of ether oxygens (including phenoxy) is 3. The summed E-state index contributed by atoms with van der Waals surface area (Å²) < 4.78 is 19.9. The number of aromatic nitrogens is 2. The van der Waals surface area contributed by atoms with Crippen LogP contribution < -0.4 is 19.5 Å². The van der Waals surface area contributed by atoms with E-state index in [0.29, 0.717) is 55.0 Å². The number of rotatable bonds is 10. The van der Waals surface area contributed by atoms with Crippen LogP contribution >= 0.6 is 15.9 Å². The first kappa shape index (κ1) is 22.7. The van der Waals surface area contributed by atoms with Crippen LogP contribution in [0, 0.1) is 0 Å². The Morgan fingerprint density at radius 1 is 1.00 bits per heavy atom. The van der Waals surface area contributed by atoms with Crippen LogP contribution in [0.5, 0.6) is 17.2 Å². The van der Waals surface area contributed by atoms with E-state index >= 15 is 0 Å². The third-order valence-electron chi connectivity index (χ3n) is 4.35. The number of carbonyl (C=O) groups is 1. The van der Waals surface area contributed by atoms with Gasteiger partial charge < -0.3 is 19.5 Å². The van der Waals surface area contributed by atoms with Crippen molar-refractivity contribution in [2.45, 2.75) is 27.3 Å². The molecule has 0 radical (unpaired) electrons. The van der Waals surface area contributed by atoms with Gasteiger partial charge in [-0.05, 0) is 50.6 Å². The molecule has 0 aliphatic rings. The minimum atomic E-state index is -0.291. The second-order valence-electron chi connectivity index (χ2n) is 6.56. The zero-order valence-corrected chi connectivity index (χ0v) is 19.4. The van der Waals surface area contributed by atoms with Crippen molar-refractivity contribution < 1.29 is 19.0 Å². The first-order chi connectivity index (χ1) is 15.0. The van der Waals surface area contributed by atoms with Crippen LogP contribution in [0.15, 0.2) is 53.1 Å². The van der Waals surface area contributed by atoms with Gasteiger partial charge in [0.1, 0.15) is 5.82 Å². The molecule has 1 N–H and O–H groups in total. The van der Waals surface area contributed by atoms with Gasteiger partial charge in [-0.1, -0.05) is 28.1 Å². The standard InChI is InChI=1S/C23H26BrN3O4/c1-4-29-19-13-17(14-20(30-5-2)22(19)31-6-3)23(28)26-21-10-11-25-27(21)15-16-8-7-9-18(24)12-16/h7-14H,4-6,15H2,1-3H3,(H,26,28). The molecule has 0 atom stereocenters. The number of nitrogens with zero attached hydrogens (tertiary/aromatic N) is 2. The molecule has 1 aromatic heterocycles. The summed E-state index contributed by atoms with van der Waals surface area (Å²) in [6, 6.07) is 13.1. The van der Waals surface area contributed by atoms with Gasteiger partial charge in [0.2, 0.25) is 5.75 Å². The fraction of sp³-hybridized carbons (Fsp3) is 0.304. The largest absolute Gasteiger partial charge is 0.490 e. The average molecular weight is 488 g/mol. The molecule has 0 unspecified atom stereocenters. The molecule has 0 fully saturated rings. The van der Waals surface area contributed by atoms with Crippen molar-refractivity contribution in [1.82, 2.24) is 9.78 Å². The average Bonchev–Trinajstić information content (AvgIpc) is 3.17. The van der Waals surface area contributed by atoms with Gasteiger partial charge in [0.25, 0.3) is 5.91 Å². The second-order valence-corrected chi connectivity index (χ2v) is 7.47. The molecule has 7 nitrogen and oxygen atoms in total. The van der Waals surface area contributed by atoms with Gasteiger partial charge in [-0.2, -0.15) is 5.10 Å². The van der Waals surface area contributed by atoms with Gasteiger partial charge >= 0.3 is 0 Å². The molecule has 0 spiro atoms. The van der Waals surface area contributed by atoms with E-state index in [2.05, 4.69) is 26.3 Å². The molecule has 3 rings (SSSR count). The lowest BCUT2D eigenvalue weighted by Crippen LogP contribution is -2.17. The normalized spacial score (nSPS) is 10.6. The quantitative estimate of drug-likeness (QED) is 0.428. The van der Waals surface area contributed by atoms with Gasteiger partial charge in [0, 0.05) is 16.1 Å². The smallest absolute Gasteiger partial charge is 0.257 e. The fourth-order valence-electron chi connectivity index (χ4n) is 3.08. The summed E-state index contributed by atoms with van der Waals surface area (Å²) in [6.07, 6.45) is 1.66. The monoisotopic (exact) mass is 487 g/mol. The van der Waals surface area contributed by atoms with Crippen molar-refractivity contribution in [2.75, 3.05) is 25.1 Å². The van der Waals surface area contributed by atoms with E-state index in [0.717, 1.165) is 10.0 Å². The number of anilines is 1. The molecule has 0 saturated heterocycles. The van der Waals surface area contributed by atoms with Gasteiger partial charge in [0.15, 0.2) is 11.5 Å². The van der Waals surface area contributed by atoms with E-state index < -0.39 is 0 Å². The van der Waals surface area contributed by atoms with E-state index in [1.54, 1.807) is 29.1 Å². The molecule has 0 saturated carbocycles. The Bertz CT molecular complexity index is 1010. The fourth-order valence-corrected chi connectivity index (χ4v) is 3.53. The SMILES string of the molecule is CCOc1cc(C(=O)Nc2ccnn2Cc2cccc(Br)c2)cc(OCC)c1OCC. The Hall–Kier alpha value is -3.00. The molecule has 1 heterocycles. The molecule has 3 aromatic rings. The zero-order chi connectivity index (χ0) is 22.2. The molecule has 164 valence electrons. The Balaban J connectivity index is 1.86. The van der Waals surface area contributed by atoms with Crippen LogP contribution in [-0.2, 0) is 6.54 Å².